The molecule has 2 aromatic carbocycles. The highest BCUT2D eigenvalue weighted by Crippen LogP contribution is 2.36. The van der Waals surface area contributed by atoms with Crippen molar-refractivity contribution in [1.29, 1.82) is 0 Å². The van der Waals surface area contributed by atoms with Crippen molar-refractivity contribution in [3.8, 4) is 5.75 Å². The number of hydrogen-bond donors (Lipinski definition) is 1. The van der Waals surface area contributed by atoms with Crippen LogP contribution in [0, 0.1) is 0 Å². The molecule has 0 bridgehead atoms. The van der Waals surface area contributed by atoms with E-state index in [9.17, 15) is 0 Å². The highest BCUT2D eigenvalue weighted by Gasteiger charge is 2.29. The van der Waals surface area contributed by atoms with Crippen LogP contribution in [0.3, 0.4) is 0 Å². The lowest BCUT2D eigenvalue weighted by Crippen LogP contribution is -2.32. The van der Waals surface area contributed by atoms with E-state index in [4.69, 9.17) is 9.57 Å². The summed E-state index contributed by atoms with van der Waals surface area (Å²) in [5.74, 6) is 4.54. The Bertz CT molecular complexity index is 1050. The summed E-state index contributed by atoms with van der Waals surface area (Å²) in [5.41, 5.74) is 3.27. The van der Waals surface area contributed by atoms with E-state index in [1.54, 1.807) is 13.4 Å². The molecule has 32 heavy (non-hydrogen) atoms. The maximum Gasteiger partial charge on any atom is 0.158 e. The number of thioether (sulfide) groups is 1. The number of nitrogens with one attached hydrogen (secondary N) is 1. The van der Waals surface area contributed by atoms with Crippen molar-refractivity contribution in [3.05, 3.63) is 66.5 Å². The van der Waals surface area contributed by atoms with Gasteiger partial charge in [0.05, 0.1) is 25.4 Å². The molecule has 1 atom stereocenters. The number of benzene rings is 2. The van der Waals surface area contributed by atoms with Crippen LogP contribution in [-0.4, -0.2) is 48.3 Å². The molecule has 1 aromatic heterocycles. The van der Waals surface area contributed by atoms with Gasteiger partial charge in [0.2, 0.25) is 0 Å². The first-order valence-corrected chi connectivity index (χ1v) is 12.0. The molecule has 0 aliphatic carbocycles. The Morgan fingerprint density at radius 1 is 1.06 bits per heavy atom. The van der Waals surface area contributed by atoms with E-state index in [0.29, 0.717) is 12.4 Å². The summed E-state index contributed by atoms with van der Waals surface area (Å²) >= 11 is 2.00. The Balaban J connectivity index is 1.36. The fourth-order valence-corrected chi connectivity index (χ4v) is 5.05. The number of aromatic nitrogens is 2. The van der Waals surface area contributed by atoms with Crippen LogP contribution < -0.4 is 20.0 Å². The van der Waals surface area contributed by atoms with Gasteiger partial charge in [-0.25, -0.2) is 15.0 Å². The predicted molar refractivity (Wildman–Crippen MR) is 130 cm³/mol. The number of rotatable bonds is 6. The lowest BCUT2D eigenvalue weighted by molar-refractivity contribution is 0.157. The molecule has 8 heteroatoms. The van der Waals surface area contributed by atoms with Crippen LogP contribution in [0.4, 0.5) is 23.0 Å². The number of anilines is 4. The lowest BCUT2D eigenvalue weighted by atomic mass is 10.0. The van der Waals surface area contributed by atoms with E-state index >= 15 is 0 Å². The van der Waals surface area contributed by atoms with Gasteiger partial charge in [0.1, 0.15) is 17.9 Å². The number of nitrogens with zero attached hydrogens (tertiary/aromatic N) is 4. The molecule has 5 rings (SSSR count). The summed E-state index contributed by atoms with van der Waals surface area (Å²) in [4.78, 5) is 17.2. The minimum atomic E-state index is 0.135. The highest BCUT2D eigenvalue weighted by molar-refractivity contribution is 7.99. The van der Waals surface area contributed by atoms with Crippen LogP contribution in [0.5, 0.6) is 5.75 Å². The van der Waals surface area contributed by atoms with Crippen molar-refractivity contribution in [3.63, 3.8) is 0 Å². The molecule has 0 radical (unpaired) electrons. The van der Waals surface area contributed by atoms with Gasteiger partial charge in [0.15, 0.2) is 5.82 Å². The number of ether oxygens (including phenoxy) is 1. The monoisotopic (exact) mass is 449 g/mol. The van der Waals surface area contributed by atoms with Crippen molar-refractivity contribution in [2.75, 3.05) is 53.6 Å². The second kappa shape index (κ2) is 9.67. The number of hydrogen-bond acceptors (Lipinski definition) is 8. The minimum Gasteiger partial charge on any atom is -0.494 e. The molecule has 0 unspecified atom stereocenters. The van der Waals surface area contributed by atoms with Gasteiger partial charge >= 0.3 is 0 Å². The molecule has 0 amide bonds. The third-order valence-corrected chi connectivity index (χ3v) is 6.73. The van der Waals surface area contributed by atoms with Crippen LogP contribution in [0.2, 0.25) is 0 Å². The Morgan fingerprint density at radius 3 is 2.72 bits per heavy atom. The van der Waals surface area contributed by atoms with Crippen molar-refractivity contribution < 1.29 is 9.57 Å². The molecule has 7 nitrogen and oxygen atoms in total. The summed E-state index contributed by atoms with van der Waals surface area (Å²) in [7, 11) is 1.70. The molecule has 1 N–H and O–H groups in total. The number of hydroxylamine groups is 1. The maximum atomic E-state index is 5.92. The predicted octanol–water partition coefficient (Wildman–Crippen LogP) is 4.67. The van der Waals surface area contributed by atoms with Crippen LogP contribution in [0.25, 0.3) is 0 Å². The van der Waals surface area contributed by atoms with E-state index in [2.05, 4.69) is 62.6 Å². The fourth-order valence-electron chi connectivity index (χ4n) is 4.15. The van der Waals surface area contributed by atoms with Crippen LogP contribution >= 0.6 is 11.8 Å². The van der Waals surface area contributed by atoms with Crippen molar-refractivity contribution in [2.24, 2.45) is 0 Å². The smallest absolute Gasteiger partial charge is 0.158 e. The van der Waals surface area contributed by atoms with Crippen LogP contribution in [-0.2, 0) is 4.84 Å². The summed E-state index contributed by atoms with van der Waals surface area (Å²) in [6, 6.07) is 18.7. The van der Waals surface area contributed by atoms with Gasteiger partial charge in [-0.3, -0.25) is 4.84 Å². The molecular weight excluding hydrogens is 422 g/mol. The van der Waals surface area contributed by atoms with Gasteiger partial charge in [-0.05, 0) is 17.7 Å². The van der Waals surface area contributed by atoms with Crippen molar-refractivity contribution >= 4 is 34.8 Å². The quantitative estimate of drug-likeness (QED) is 0.583. The average Bonchev–Trinajstić information content (AvgIpc) is 3.36. The zero-order valence-corrected chi connectivity index (χ0v) is 18.9. The molecule has 0 spiro atoms. The molecular formula is C24H27N5O2S. The zero-order chi connectivity index (χ0) is 21.8. The highest BCUT2D eigenvalue weighted by atomic mass is 32.2. The van der Waals surface area contributed by atoms with E-state index in [-0.39, 0.29) is 6.04 Å². The third kappa shape index (κ3) is 4.47. The Hall–Kier alpha value is -2.97. The van der Waals surface area contributed by atoms with Crippen molar-refractivity contribution in [2.45, 2.75) is 12.5 Å². The second-order valence-corrected chi connectivity index (χ2v) is 8.97. The third-order valence-electron chi connectivity index (χ3n) is 5.79. The first-order chi connectivity index (χ1) is 15.8. The van der Waals surface area contributed by atoms with E-state index in [0.717, 1.165) is 48.3 Å². The molecule has 2 aliphatic rings. The van der Waals surface area contributed by atoms with E-state index in [1.807, 2.05) is 29.0 Å². The van der Waals surface area contributed by atoms with Crippen LogP contribution in [0.15, 0.2) is 60.9 Å². The normalized spacial score (nSPS) is 18.6. The summed E-state index contributed by atoms with van der Waals surface area (Å²) in [5, 5.41) is 5.28. The Morgan fingerprint density at radius 2 is 1.91 bits per heavy atom. The molecule has 2 saturated heterocycles. The van der Waals surface area contributed by atoms with E-state index in [1.165, 1.54) is 11.3 Å². The van der Waals surface area contributed by atoms with E-state index < -0.39 is 0 Å². The lowest BCUT2D eigenvalue weighted by Gasteiger charge is -2.29. The minimum absolute atomic E-state index is 0.135. The molecule has 2 aliphatic heterocycles. The van der Waals surface area contributed by atoms with Gasteiger partial charge in [-0.15, -0.1) is 0 Å². The molecule has 2 fully saturated rings. The molecule has 3 heterocycles. The fraction of sp³-hybridized carbons (Fsp3) is 0.333. The SMILES string of the molecule is COc1cc(N2CCSCC2)ccc1Nc1cc(N2OCC[C@@H]2c2ccccc2)ncn1. The summed E-state index contributed by atoms with van der Waals surface area (Å²) in [6.45, 7) is 2.79. The molecule has 166 valence electrons. The summed E-state index contributed by atoms with van der Waals surface area (Å²) in [6.07, 6.45) is 2.48. The van der Waals surface area contributed by atoms with Gasteiger partial charge in [-0.2, -0.15) is 11.8 Å². The van der Waals surface area contributed by atoms with Gasteiger partial charge in [0, 0.05) is 48.8 Å². The van der Waals surface area contributed by atoms with Gasteiger partial charge in [0.25, 0.3) is 0 Å². The zero-order valence-electron chi connectivity index (χ0n) is 18.1. The summed E-state index contributed by atoms with van der Waals surface area (Å²) < 4.78 is 5.68. The first kappa shape index (κ1) is 20.9. The van der Waals surface area contributed by atoms with Crippen LogP contribution in [0.1, 0.15) is 18.0 Å². The van der Waals surface area contributed by atoms with Crippen molar-refractivity contribution in [1.82, 2.24) is 9.97 Å². The largest absolute Gasteiger partial charge is 0.494 e. The maximum absolute atomic E-state index is 5.92. The Labute approximate surface area is 192 Å². The number of methoxy groups -OCH3 is 1. The Kier molecular flexibility index (Phi) is 6.31. The molecule has 0 saturated carbocycles. The first-order valence-electron chi connectivity index (χ1n) is 10.9. The molecule has 3 aromatic rings. The standard InChI is InChI=1S/C24H27N5O2S/c1-30-22-15-19(28-10-13-32-14-11-28)7-8-20(22)27-23-16-24(26-17-25-23)29-21(9-12-31-29)18-5-3-2-4-6-18/h2-8,15-17,21H,9-14H2,1H3,(H,25,26,27)/t21-/m1/s1. The topological polar surface area (TPSA) is 62.8 Å². The van der Waals surface area contributed by atoms with Gasteiger partial charge in [-0.1, -0.05) is 30.3 Å². The average molecular weight is 450 g/mol. The van der Waals surface area contributed by atoms with Gasteiger partial charge < -0.3 is 15.0 Å². The second-order valence-electron chi connectivity index (χ2n) is 7.74.